The molecule has 2 heterocycles. The average Bonchev–Trinajstić information content (AvgIpc) is 2.46. The van der Waals surface area contributed by atoms with Crippen molar-refractivity contribution >= 4 is 29.0 Å². The highest BCUT2D eigenvalue weighted by molar-refractivity contribution is 6.43. The van der Waals surface area contributed by atoms with Gasteiger partial charge in [0.2, 0.25) is 5.78 Å². The van der Waals surface area contributed by atoms with Gasteiger partial charge in [0.15, 0.2) is 4.84 Å². The van der Waals surface area contributed by atoms with Crippen LogP contribution in [0, 0.1) is 0 Å². The standard InChI is InChI=1S/C7H5Cl2N3/c8-6(9)5-4-12-3-1-2-10-7(12)11-5/h1-4,6H. The van der Waals surface area contributed by atoms with Gasteiger partial charge >= 0.3 is 0 Å². The molecule has 0 amide bonds. The first-order chi connectivity index (χ1) is 5.77. The quantitative estimate of drug-likeness (QED) is 0.663. The number of halogens is 2. The smallest absolute Gasteiger partial charge is 0.234 e. The van der Waals surface area contributed by atoms with Gasteiger partial charge in [-0.15, -0.1) is 0 Å². The Bertz CT molecular complexity index is 363. The summed E-state index contributed by atoms with van der Waals surface area (Å²) in [5.41, 5.74) is 0.622. The number of nitrogens with zero attached hydrogens (tertiary/aromatic N) is 3. The monoisotopic (exact) mass is 201 g/mol. The lowest BCUT2D eigenvalue weighted by molar-refractivity contribution is 1.11. The second-order valence-corrected chi connectivity index (χ2v) is 3.39. The van der Waals surface area contributed by atoms with Crippen molar-refractivity contribution in [3.8, 4) is 0 Å². The molecule has 0 spiro atoms. The van der Waals surface area contributed by atoms with Gasteiger partial charge in [-0.3, -0.25) is 4.40 Å². The summed E-state index contributed by atoms with van der Waals surface area (Å²) < 4.78 is 1.77. The van der Waals surface area contributed by atoms with E-state index in [0.717, 1.165) is 0 Å². The SMILES string of the molecule is ClC(Cl)c1cn2cccnc2n1. The predicted octanol–water partition coefficient (Wildman–Crippen LogP) is 2.21. The average molecular weight is 202 g/mol. The molecule has 0 atom stereocenters. The van der Waals surface area contributed by atoms with Gasteiger partial charge in [0.05, 0.1) is 5.69 Å². The van der Waals surface area contributed by atoms with E-state index in [9.17, 15) is 0 Å². The van der Waals surface area contributed by atoms with Gasteiger partial charge in [-0.2, -0.15) is 0 Å². The second-order valence-electron chi connectivity index (χ2n) is 2.29. The molecular formula is C7H5Cl2N3. The summed E-state index contributed by atoms with van der Waals surface area (Å²) >= 11 is 11.3. The van der Waals surface area contributed by atoms with E-state index < -0.39 is 4.84 Å². The van der Waals surface area contributed by atoms with Crippen LogP contribution in [0.1, 0.15) is 10.5 Å². The Morgan fingerprint density at radius 3 is 2.92 bits per heavy atom. The maximum absolute atomic E-state index is 5.64. The summed E-state index contributed by atoms with van der Waals surface area (Å²) in [5.74, 6) is 0.610. The number of imidazole rings is 1. The lowest BCUT2D eigenvalue weighted by Crippen LogP contribution is -1.83. The summed E-state index contributed by atoms with van der Waals surface area (Å²) in [6.45, 7) is 0. The van der Waals surface area contributed by atoms with Crippen LogP contribution in [0.5, 0.6) is 0 Å². The fourth-order valence-electron chi connectivity index (χ4n) is 0.954. The summed E-state index contributed by atoms with van der Waals surface area (Å²) in [4.78, 5) is 7.53. The molecule has 0 aliphatic heterocycles. The number of hydrogen-bond acceptors (Lipinski definition) is 2. The molecule has 0 saturated carbocycles. The highest BCUT2D eigenvalue weighted by Gasteiger charge is 2.08. The minimum absolute atomic E-state index is 0.591. The van der Waals surface area contributed by atoms with Crippen molar-refractivity contribution in [1.29, 1.82) is 0 Å². The zero-order chi connectivity index (χ0) is 8.55. The van der Waals surface area contributed by atoms with Crippen LogP contribution in [-0.2, 0) is 0 Å². The van der Waals surface area contributed by atoms with E-state index in [1.165, 1.54) is 0 Å². The Balaban J connectivity index is 2.62. The lowest BCUT2D eigenvalue weighted by atomic mass is 10.5. The van der Waals surface area contributed by atoms with Crippen molar-refractivity contribution < 1.29 is 0 Å². The Morgan fingerprint density at radius 2 is 2.25 bits per heavy atom. The number of rotatable bonds is 1. The molecule has 0 bridgehead atoms. The maximum Gasteiger partial charge on any atom is 0.234 e. The van der Waals surface area contributed by atoms with Crippen LogP contribution in [-0.4, -0.2) is 14.4 Å². The molecule has 0 aliphatic carbocycles. The number of hydrogen-bond donors (Lipinski definition) is 0. The van der Waals surface area contributed by atoms with Gasteiger partial charge < -0.3 is 0 Å². The predicted molar refractivity (Wildman–Crippen MR) is 47.4 cm³/mol. The molecule has 12 heavy (non-hydrogen) atoms. The van der Waals surface area contributed by atoms with E-state index in [-0.39, 0.29) is 0 Å². The Kier molecular flexibility index (Phi) is 1.90. The molecule has 0 aromatic carbocycles. The van der Waals surface area contributed by atoms with Crippen LogP contribution in [0.2, 0.25) is 0 Å². The zero-order valence-corrected chi connectivity index (χ0v) is 7.50. The normalized spacial score (nSPS) is 11.2. The van der Waals surface area contributed by atoms with Gasteiger partial charge in [-0.1, -0.05) is 23.2 Å². The van der Waals surface area contributed by atoms with Crippen LogP contribution in [0.15, 0.2) is 24.7 Å². The van der Waals surface area contributed by atoms with Gasteiger partial charge in [0, 0.05) is 18.6 Å². The molecule has 2 aromatic rings. The summed E-state index contributed by atoms with van der Waals surface area (Å²) in [7, 11) is 0. The summed E-state index contributed by atoms with van der Waals surface area (Å²) in [5, 5.41) is 0. The van der Waals surface area contributed by atoms with Crippen molar-refractivity contribution in [2.24, 2.45) is 0 Å². The van der Waals surface area contributed by atoms with Crippen LogP contribution < -0.4 is 0 Å². The summed E-state index contributed by atoms with van der Waals surface area (Å²) in [6, 6.07) is 1.82. The van der Waals surface area contributed by atoms with Gasteiger partial charge in [-0.25, -0.2) is 9.97 Å². The molecule has 2 aromatic heterocycles. The molecule has 0 fully saturated rings. The fraction of sp³-hybridized carbons (Fsp3) is 0.143. The van der Waals surface area contributed by atoms with Crippen molar-refractivity contribution in [3.05, 3.63) is 30.4 Å². The number of fused-ring (bicyclic) bond motifs is 1. The Morgan fingerprint density at radius 1 is 1.42 bits per heavy atom. The second kappa shape index (κ2) is 2.92. The van der Waals surface area contributed by atoms with Crippen molar-refractivity contribution in [2.45, 2.75) is 4.84 Å². The molecule has 0 aliphatic rings. The molecule has 2 rings (SSSR count). The van der Waals surface area contributed by atoms with Crippen molar-refractivity contribution in [3.63, 3.8) is 0 Å². The van der Waals surface area contributed by atoms with E-state index in [0.29, 0.717) is 11.5 Å². The molecule has 0 saturated heterocycles. The first-order valence-corrected chi connectivity index (χ1v) is 4.22. The minimum Gasteiger partial charge on any atom is -0.291 e. The minimum atomic E-state index is -0.591. The van der Waals surface area contributed by atoms with Crippen molar-refractivity contribution in [1.82, 2.24) is 14.4 Å². The first-order valence-electron chi connectivity index (χ1n) is 3.35. The molecule has 0 radical (unpaired) electrons. The number of aromatic nitrogens is 3. The van der Waals surface area contributed by atoms with Gasteiger partial charge in [0.25, 0.3) is 0 Å². The highest BCUT2D eigenvalue weighted by atomic mass is 35.5. The molecule has 5 heteroatoms. The third-order valence-electron chi connectivity index (χ3n) is 1.48. The van der Waals surface area contributed by atoms with E-state index >= 15 is 0 Å². The summed E-state index contributed by atoms with van der Waals surface area (Å²) in [6.07, 6.45) is 5.27. The zero-order valence-electron chi connectivity index (χ0n) is 5.98. The van der Waals surface area contributed by atoms with Gasteiger partial charge in [-0.05, 0) is 6.07 Å². The van der Waals surface area contributed by atoms with Crippen LogP contribution in [0.25, 0.3) is 5.78 Å². The van der Waals surface area contributed by atoms with Crippen LogP contribution >= 0.6 is 23.2 Å². The molecule has 0 unspecified atom stereocenters. The first kappa shape index (κ1) is 7.83. The van der Waals surface area contributed by atoms with Gasteiger partial charge in [0.1, 0.15) is 0 Å². The molecular weight excluding hydrogens is 197 g/mol. The molecule has 0 N–H and O–H groups in total. The number of alkyl halides is 2. The largest absolute Gasteiger partial charge is 0.291 e. The molecule has 3 nitrogen and oxygen atoms in total. The van der Waals surface area contributed by atoms with Crippen molar-refractivity contribution in [2.75, 3.05) is 0 Å². The van der Waals surface area contributed by atoms with E-state index in [1.54, 1.807) is 16.8 Å². The lowest BCUT2D eigenvalue weighted by Gasteiger charge is -1.89. The van der Waals surface area contributed by atoms with Crippen LogP contribution in [0.4, 0.5) is 0 Å². The highest BCUT2D eigenvalue weighted by Crippen LogP contribution is 2.22. The van der Waals surface area contributed by atoms with E-state index in [4.69, 9.17) is 23.2 Å². The maximum atomic E-state index is 5.64. The molecule has 62 valence electrons. The van der Waals surface area contributed by atoms with Crippen LogP contribution in [0.3, 0.4) is 0 Å². The third kappa shape index (κ3) is 1.26. The Hall–Kier alpha value is -0.800. The fourth-order valence-corrected chi connectivity index (χ4v) is 1.16. The third-order valence-corrected chi connectivity index (χ3v) is 1.92. The Labute approximate surface area is 79.0 Å². The topological polar surface area (TPSA) is 30.2 Å². The van der Waals surface area contributed by atoms with E-state index in [2.05, 4.69) is 9.97 Å². The van der Waals surface area contributed by atoms with E-state index in [1.807, 2.05) is 12.3 Å².